The smallest absolute Gasteiger partial charge is 0.127 e. The maximum atomic E-state index is 9.32. The van der Waals surface area contributed by atoms with Gasteiger partial charge < -0.3 is 14.8 Å². The van der Waals surface area contributed by atoms with Crippen molar-refractivity contribution in [2.45, 2.75) is 13.5 Å². The molecular weight excluding hydrogens is 336 g/mol. The Balaban J connectivity index is 1.85. The molecule has 0 saturated carbocycles. The van der Waals surface area contributed by atoms with Gasteiger partial charge in [-0.3, -0.25) is 0 Å². The Morgan fingerprint density at radius 3 is 2.52 bits per heavy atom. The largest absolute Gasteiger partial charge is 0.496 e. The van der Waals surface area contributed by atoms with E-state index >= 15 is 0 Å². The Bertz CT molecular complexity index is 968. The first kappa shape index (κ1) is 18.3. The van der Waals surface area contributed by atoms with E-state index in [9.17, 15) is 5.26 Å². The highest BCUT2D eigenvalue weighted by Gasteiger charge is 2.11. The number of nitrogens with zero attached hydrogens (tertiary/aromatic N) is 1. The Morgan fingerprint density at radius 2 is 1.81 bits per heavy atom. The van der Waals surface area contributed by atoms with Crippen LogP contribution in [-0.2, 0) is 6.61 Å². The highest BCUT2D eigenvalue weighted by molar-refractivity contribution is 5.71. The van der Waals surface area contributed by atoms with Crippen molar-refractivity contribution in [3.05, 3.63) is 77.4 Å². The van der Waals surface area contributed by atoms with E-state index in [0.29, 0.717) is 12.2 Å². The molecule has 3 aromatic rings. The molecule has 27 heavy (non-hydrogen) atoms. The average molecular weight is 358 g/mol. The van der Waals surface area contributed by atoms with Crippen molar-refractivity contribution in [3.8, 4) is 28.7 Å². The molecule has 0 fully saturated rings. The molecule has 1 N–H and O–H groups in total. The third kappa shape index (κ3) is 3.88. The van der Waals surface area contributed by atoms with Crippen LogP contribution in [0.25, 0.3) is 11.1 Å². The number of anilines is 1. The maximum absolute atomic E-state index is 9.32. The maximum Gasteiger partial charge on any atom is 0.127 e. The Kier molecular flexibility index (Phi) is 5.63. The SMILES string of the molecule is CNc1cccc(OC)c1COc1ccc(-c2ccccc2C#N)cc1C. The summed E-state index contributed by atoms with van der Waals surface area (Å²) in [6.07, 6.45) is 0. The second-order valence-electron chi connectivity index (χ2n) is 6.16. The van der Waals surface area contributed by atoms with Crippen molar-refractivity contribution in [2.75, 3.05) is 19.5 Å². The van der Waals surface area contributed by atoms with Crippen LogP contribution in [-0.4, -0.2) is 14.2 Å². The molecule has 0 heterocycles. The average Bonchev–Trinajstić information content (AvgIpc) is 2.72. The molecule has 3 aromatic carbocycles. The molecular formula is C23H22N2O2. The van der Waals surface area contributed by atoms with Gasteiger partial charge in [0.15, 0.2) is 0 Å². The van der Waals surface area contributed by atoms with Gasteiger partial charge in [0.1, 0.15) is 18.1 Å². The predicted octanol–water partition coefficient (Wildman–Crippen LogP) is 5.16. The van der Waals surface area contributed by atoms with Crippen LogP contribution in [0.2, 0.25) is 0 Å². The molecule has 0 aliphatic heterocycles. The monoisotopic (exact) mass is 358 g/mol. The van der Waals surface area contributed by atoms with Crippen molar-refractivity contribution in [1.29, 1.82) is 5.26 Å². The molecule has 0 aromatic heterocycles. The molecule has 0 bridgehead atoms. The van der Waals surface area contributed by atoms with Crippen LogP contribution in [0.3, 0.4) is 0 Å². The summed E-state index contributed by atoms with van der Waals surface area (Å²) < 4.78 is 11.5. The number of hydrogen-bond acceptors (Lipinski definition) is 4. The zero-order valence-electron chi connectivity index (χ0n) is 15.7. The lowest BCUT2D eigenvalue weighted by Gasteiger charge is -2.16. The fourth-order valence-corrected chi connectivity index (χ4v) is 3.10. The van der Waals surface area contributed by atoms with Crippen molar-refractivity contribution >= 4 is 5.69 Å². The summed E-state index contributed by atoms with van der Waals surface area (Å²) in [6.45, 7) is 2.41. The summed E-state index contributed by atoms with van der Waals surface area (Å²) in [5.74, 6) is 1.60. The van der Waals surface area contributed by atoms with Crippen LogP contribution in [0.1, 0.15) is 16.7 Å². The van der Waals surface area contributed by atoms with E-state index in [0.717, 1.165) is 39.4 Å². The standard InChI is InChI=1S/C23H22N2O2/c1-16-13-17(19-8-5-4-7-18(19)14-24)11-12-22(16)27-15-20-21(25-2)9-6-10-23(20)26-3/h4-13,25H,15H2,1-3H3. The van der Waals surface area contributed by atoms with Gasteiger partial charge in [0, 0.05) is 12.7 Å². The third-order valence-corrected chi connectivity index (χ3v) is 4.53. The fourth-order valence-electron chi connectivity index (χ4n) is 3.10. The number of nitriles is 1. The van der Waals surface area contributed by atoms with Gasteiger partial charge in [-0.15, -0.1) is 0 Å². The summed E-state index contributed by atoms with van der Waals surface area (Å²) in [7, 11) is 3.54. The van der Waals surface area contributed by atoms with Crippen LogP contribution in [0.15, 0.2) is 60.7 Å². The van der Waals surface area contributed by atoms with Crippen molar-refractivity contribution in [1.82, 2.24) is 0 Å². The lowest BCUT2D eigenvalue weighted by atomic mass is 9.98. The highest BCUT2D eigenvalue weighted by atomic mass is 16.5. The molecule has 0 saturated heterocycles. The van der Waals surface area contributed by atoms with Crippen LogP contribution < -0.4 is 14.8 Å². The molecule has 0 atom stereocenters. The summed E-state index contributed by atoms with van der Waals surface area (Å²) in [6, 6.07) is 21.7. The van der Waals surface area contributed by atoms with Crippen molar-refractivity contribution in [2.24, 2.45) is 0 Å². The number of benzene rings is 3. The minimum atomic E-state index is 0.398. The minimum absolute atomic E-state index is 0.398. The molecule has 0 radical (unpaired) electrons. The molecule has 0 aliphatic rings. The quantitative estimate of drug-likeness (QED) is 0.661. The van der Waals surface area contributed by atoms with E-state index in [1.165, 1.54) is 0 Å². The van der Waals surface area contributed by atoms with Gasteiger partial charge in [0.05, 0.1) is 24.3 Å². The second-order valence-corrected chi connectivity index (χ2v) is 6.16. The number of nitrogens with one attached hydrogen (secondary N) is 1. The van der Waals surface area contributed by atoms with Gasteiger partial charge in [-0.25, -0.2) is 0 Å². The van der Waals surface area contributed by atoms with Crippen molar-refractivity contribution in [3.63, 3.8) is 0 Å². The molecule has 0 spiro atoms. The van der Waals surface area contributed by atoms with Gasteiger partial charge in [-0.2, -0.15) is 5.26 Å². The first-order valence-corrected chi connectivity index (χ1v) is 8.74. The molecule has 4 heteroatoms. The normalized spacial score (nSPS) is 10.1. The Labute approximate surface area is 160 Å². The number of rotatable bonds is 6. The van der Waals surface area contributed by atoms with Gasteiger partial charge in [0.2, 0.25) is 0 Å². The summed E-state index contributed by atoms with van der Waals surface area (Å²) in [5.41, 5.74) is 5.56. The Morgan fingerprint density at radius 1 is 1.00 bits per heavy atom. The minimum Gasteiger partial charge on any atom is -0.496 e. The number of ether oxygens (including phenoxy) is 2. The van der Waals surface area contributed by atoms with Gasteiger partial charge >= 0.3 is 0 Å². The van der Waals surface area contributed by atoms with Gasteiger partial charge in [0.25, 0.3) is 0 Å². The van der Waals surface area contributed by atoms with E-state index in [-0.39, 0.29) is 0 Å². The number of methoxy groups -OCH3 is 1. The number of aryl methyl sites for hydroxylation is 1. The fraction of sp³-hybridized carbons (Fsp3) is 0.174. The predicted molar refractivity (Wildman–Crippen MR) is 108 cm³/mol. The summed E-state index contributed by atoms with van der Waals surface area (Å²) >= 11 is 0. The van der Waals surface area contributed by atoms with Crippen LogP contribution in [0, 0.1) is 18.3 Å². The van der Waals surface area contributed by atoms with Crippen LogP contribution in [0.5, 0.6) is 11.5 Å². The molecule has 0 unspecified atom stereocenters. The van der Waals surface area contributed by atoms with Crippen LogP contribution >= 0.6 is 0 Å². The lowest BCUT2D eigenvalue weighted by Crippen LogP contribution is -2.04. The highest BCUT2D eigenvalue weighted by Crippen LogP contribution is 2.31. The van der Waals surface area contributed by atoms with Crippen molar-refractivity contribution < 1.29 is 9.47 Å². The topological polar surface area (TPSA) is 54.3 Å². The zero-order chi connectivity index (χ0) is 19.2. The molecule has 0 aliphatic carbocycles. The van der Waals surface area contributed by atoms with E-state index in [4.69, 9.17) is 9.47 Å². The zero-order valence-corrected chi connectivity index (χ0v) is 15.7. The molecule has 0 amide bonds. The lowest BCUT2D eigenvalue weighted by molar-refractivity contribution is 0.295. The number of hydrogen-bond donors (Lipinski definition) is 1. The Hall–Kier alpha value is -3.45. The summed E-state index contributed by atoms with van der Waals surface area (Å²) in [4.78, 5) is 0. The third-order valence-electron chi connectivity index (χ3n) is 4.53. The summed E-state index contributed by atoms with van der Waals surface area (Å²) in [5, 5.41) is 12.5. The molecule has 3 rings (SSSR count). The van der Waals surface area contributed by atoms with Crippen LogP contribution in [0.4, 0.5) is 5.69 Å². The second kappa shape index (κ2) is 8.29. The van der Waals surface area contributed by atoms with E-state index in [1.807, 2.05) is 74.6 Å². The van der Waals surface area contributed by atoms with E-state index in [2.05, 4.69) is 11.4 Å². The van der Waals surface area contributed by atoms with E-state index in [1.54, 1.807) is 7.11 Å². The molecule has 4 nitrogen and oxygen atoms in total. The first-order chi connectivity index (χ1) is 13.2. The van der Waals surface area contributed by atoms with Gasteiger partial charge in [-0.05, 0) is 53.9 Å². The first-order valence-electron chi connectivity index (χ1n) is 8.74. The van der Waals surface area contributed by atoms with Gasteiger partial charge in [-0.1, -0.05) is 30.3 Å². The molecule has 136 valence electrons. The van der Waals surface area contributed by atoms with E-state index < -0.39 is 0 Å².